The second kappa shape index (κ2) is 7.68. The van der Waals surface area contributed by atoms with Crippen LogP contribution in [0.15, 0.2) is 47.0 Å². The second-order valence-corrected chi connectivity index (χ2v) is 5.10. The third kappa shape index (κ3) is 2.77. The molecule has 8 heteroatoms. The molecule has 0 N–H and O–H groups in total. The summed E-state index contributed by atoms with van der Waals surface area (Å²) in [7, 11) is 1.18. The molecule has 2 aliphatic rings. The lowest BCUT2D eigenvalue weighted by atomic mass is 9.80. The molecule has 2 heterocycles. The van der Waals surface area contributed by atoms with E-state index in [1.807, 2.05) is 12.1 Å². The molecule has 0 saturated heterocycles. The number of ether oxygens (including phenoxy) is 3. The van der Waals surface area contributed by atoms with Crippen LogP contribution < -0.4 is 0 Å². The normalized spacial score (nSPS) is 21.0. The number of fused-ring (bicyclic) bond motifs is 1. The summed E-state index contributed by atoms with van der Waals surface area (Å²) in [5.74, 6) is -1.74. The Morgan fingerprint density at radius 1 is 1.12 bits per heavy atom. The number of carbonyl (C=O) groups excluding carboxylic acids is 2. The van der Waals surface area contributed by atoms with Crippen molar-refractivity contribution in [1.29, 1.82) is 10.5 Å². The van der Waals surface area contributed by atoms with Crippen molar-refractivity contribution in [3.63, 3.8) is 0 Å². The van der Waals surface area contributed by atoms with Gasteiger partial charge in [0.2, 0.25) is 5.60 Å². The number of hydrogen-bond acceptors (Lipinski definition) is 8. The third-order valence-electron chi connectivity index (χ3n) is 3.83. The highest BCUT2D eigenvalue weighted by molar-refractivity contribution is 6.03. The Bertz CT molecular complexity index is 838. The van der Waals surface area contributed by atoms with Gasteiger partial charge in [0.15, 0.2) is 0 Å². The summed E-state index contributed by atoms with van der Waals surface area (Å²) >= 11 is 0. The molecule has 26 heavy (non-hydrogen) atoms. The van der Waals surface area contributed by atoms with Crippen LogP contribution in [0, 0.1) is 22.7 Å². The van der Waals surface area contributed by atoms with Gasteiger partial charge in [-0.2, -0.15) is 10.5 Å². The van der Waals surface area contributed by atoms with Gasteiger partial charge in [-0.05, 0) is 26.0 Å². The van der Waals surface area contributed by atoms with Crippen LogP contribution in [0.25, 0.3) is 0 Å². The van der Waals surface area contributed by atoms with Gasteiger partial charge in [0.05, 0.1) is 18.9 Å². The maximum atomic E-state index is 12.7. The number of carbonyl (C=O) groups is 2. The SMILES string of the molecule is CCOC(=O)C1=C(C#N)N2C=CC=CC2=C(C(=O)OCC)C1(C#N)OC. The van der Waals surface area contributed by atoms with Gasteiger partial charge < -0.3 is 19.1 Å². The summed E-state index contributed by atoms with van der Waals surface area (Å²) in [5.41, 5.74) is -2.62. The van der Waals surface area contributed by atoms with E-state index >= 15 is 0 Å². The van der Waals surface area contributed by atoms with E-state index in [9.17, 15) is 20.1 Å². The molecule has 0 saturated carbocycles. The number of hydrogen-bond donors (Lipinski definition) is 0. The summed E-state index contributed by atoms with van der Waals surface area (Å²) in [5, 5.41) is 19.5. The van der Waals surface area contributed by atoms with Crippen LogP contribution in [0.3, 0.4) is 0 Å². The molecule has 0 aromatic heterocycles. The van der Waals surface area contributed by atoms with Crippen LogP contribution in [0.4, 0.5) is 0 Å². The molecule has 0 fully saturated rings. The first kappa shape index (κ1) is 19.0. The highest BCUT2D eigenvalue weighted by Crippen LogP contribution is 2.43. The van der Waals surface area contributed by atoms with Crippen molar-refractivity contribution >= 4 is 11.9 Å². The number of rotatable bonds is 5. The average molecular weight is 355 g/mol. The molecule has 2 aliphatic heterocycles. The van der Waals surface area contributed by atoms with Gasteiger partial charge in [-0.15, -0.1) is 0 Å². The van der Waals surface area contributed by atoms with Crippen LogP contribution >= 0.6 is 0 Å². The molecule has 0 amide bonds. The standard InChI is InChI=1S/C18H17N3O5/c1-4-25-16(22)14-12-8-6-7-9-21(12)13(10-19)15(17(23)26-5-2)18(14,11-20)24-3/h6-9H,4-5H2,1-3H3. The molecular weight excluding hydrogens is 338 g/mol. The van der Waals surface area contributed by atoms with Crippen molar-refractivity contribution in [3.8, 4) is 12.1 Å². The van der Waals surface area contributed by atoms with Gasteiger partial charge >= 0.3 is 11.9 Å². The van der Waals surface area contributed by atoms with Crippen LogP contribution in [0.2, 0.25) is 0 Å². The third-order valence-corrected chi connectivity index (χ3v) is 3.83. The zero-order valence-corrected chi connectivity index (χ0v) is 14.6. The second-order valence-electron chi connectivity index (χ2n) is 5.10. The van der Waals surface area contributed by atoms with E-state index in [2.05, 4.69) is 0 Å². The first-order chi connectivity index (χ1) is 12.5. The lowest BCUT2D eigenvalue weighted by Gasteiger charge is -2.38. The topological polar surface area (TPSA) is 113 Å². The minimum absolute atomic E-state index is 0.0211. The van der Waals surface area contributed by atoms with Crippen LogP contribution in [-0.2, 0) is 23.8 Å². The largest absolute Gasteiger partial charge is 0.462 e. The summed E-state index contributed by atoms with van der Waals surface area (Å²) in [6, 6.07) is 3.78. The molecule has 134 valence electrons. The molecule has 0 aliphatic carbocycles. The molecule has 1 atom stereocenters. The summed E-state index contributed by atoms with van der Waals surface area (Å²) in [4.78, 5) is 26.6. The van der Waals surface area contributed by atoms with E-state index in [0.717, 1.165) is 0 Å². The number of methoxy groups -OCH3 is 1. The monoisotopic (exact) mass is 355 g/mol. The Kier molecular flexibility index (Phi) is 5.61. The van der Waals surface area contributed by atoms with Crippen molar-refractivity contribution in [2.75, 3.05) is 20.3 Å². The van der Waals surface area contributed by atoms with Gasteiger partial charge in [-0.1, -0.05) is 6.08 Å². The van der Waals surface area contributed by atoms with Crippen LogP contribution in [0.1, 0.15) is 13.8 Å². The molecule has 0 radical (unpaired) electrons. The van der Waals surface area contributed by atoms with E-state index in [0.29, 0.717) is 0 Å². The minimum Gasteiger partial charge on any atom is -0.462 e. The molecule has 8 nitrogen and oxygen atoms in total. The Balaban J connectivity index is 2.88. The maximum Gasteiger partial charge on any atom is 0.341 e. The zero-order chi connectivity index (χ0) is 19.3. The van der Waals surface area contributed by atoms with Gasteiger partial charge in [-0.25, -0.2) is 9.59 Å². The fourth-order valence-electron chi connectivity index (χ4n) is 2.80. The van der Waals surface area contributed by atoms with Gasteiger partial charge in [0.25, 0.3) is 0 Å². The molecule has 1 unspecified atom stereocenters. The number of esters is 2. The Morgan fingerprint density at radius 3 is 2.23 bits per heavy atom. The van der Waals surface area contributed by atoms with Crippen molar-refractivity contribution in [1.82, 2.24) is 4.90 Å². The Hall–Kier alpha value is -3.36. The van der Waals surface area contributed by atoms with E-state index in [-0.39, 0.29) is 35.8 Å². The van der Waals surface area contributed by atoms with E-state index < -0.39 is 17.5 Å². The van der Waals surface area contributed by atoms with Crippen molar-refractivity contribution < 1.29 is 23.8 Å². The molecule has 0 bridgehead atoms. The van der Waals surface area contributed by atoms with E-state index in [1.165, 1.54) is 24.3 Å². The Labute approximate surface area is 150 Å². The van der Waals surface area contributed by atoms with Gasteiger partial charge in [0, 0.05) is 13.3 Å². The Morgan fingerprint density at radius 2 is 1.73 bits per heavy atom. The molecular formula is C18H17N3O5. The average Bonchev–Trinajstić information content (AvgIpc) is 2.66. The van der Waals surface area contributed by atoms with Crippen LogP contribution in [-0.4, -0.2) is 42.8 Å². The first-order valence-corrected chi connectivity index (χ1v) is 7.86. The lowest BCUT2D eigenvalue weighted by Crippen LogP contribution is -2.48. The zero-order valence-electron chi connectivity index (χ0n) is 14.6. The summed E-state index contributed by atoms with van der Waals surface area (Å²) in [6.07, 6.45) is 6.30. The predicted molar refractivity (Wildman–Crippen MR) is 88.4 cm³/mol. The summed E-state index contributed by atoms with van der Waals surface area (Å²) < 4.78 is 15.4. The van der Waals surface area contributed by atoms with Gasteiger partial charge in [0.1, 0.15) is 29.0 Å². The molecule has 0 aromatic rings. The predicted octanol–water partition coefficient (Wildman–Crippen LogP) is 1.45. The van der Waals surface area contributed by atoms with Crippen molar-refractivity contribution in [2.45, 2.75) is 19.4 Å². The number of allylic oxidation sites excluding steroid dienone is 4. The number of nitriles is 2. The lowest BCUT2D eigenvalue weighted by molar-refractivity contribution is -0.143. The van der Waals surface area contributed by atoms with Crippen molar-refractivity contribution in [3.05, 3.63) is 47.0 Å². The molecule has 2 rings (SSSR count). The number of nitrogens with zero attached hydrogens (tertiary/aromatic N) is 3. The van der Waals surface area contributed by atoms with E-state index in [4.69, 9.17) is 14.2 Å². The summed E-state index contributed by atoms with van der Waals surface area (Å²) in [6.45, 7) is 3.28. The fraction of sp³-hybridized carbons (Fsp3) is 0.333. The van der Waals surface area contributed by atoms with Crippen molar-refractivity contribution in [2.24, 2.45) is 0 Å². The smallest absolute Gasteiger partial charge is 0.341 e. The maximum absolute atomic E-state index is 12.7. The first-order valence-electron chi connectivity index (χ1n) is 7.86. The highest BCUT2D eigenvalue weighted by atomic mass is 16.5. The highest BCUT2D eigenvalue weighted by Gasteiger charge is 2.54. The molecule has 0 aromatic carbocycles. The molecule has 0 spiro atoms. The van der Waals surface area contributed by atoms with Gasteiger partial charge in [-0.3, -0.25) is 0 Å². The quantitative estimate of drug-likeness (QED) is 0.681. The minimum atomic E-state index is -2.13. The fourth-order valence-corrected chi connectivity index (χ4v) is 2.80. The van der Waals surface area contributed by atoms with E-state index in [1.54, 1.807) is 26.0 Å². The van der Waals surface area contributed by atoms with Crippen LogP contribution in [0.5, 0.6) is 0 Å².